The van der Waals surface area contributed by atoms with Gasteiger partial charge in [-0.05, 0) is 38.3 Å². The number of aliphatic imine (C=N–C) groups is 1. The Morgan fingerprint density at radius 3 is 2.59 bits per heavy atom. The maximum atomic E-state index is 5.15. The summed E-state index contributed by atoms with van der Waals surface area (Å²) in [6.07, 6.45) is 4.98. The highest BCUT2D eigenvalue weighted by Crippen LogP contribution is 2.16. The van der Waals surface area contributed by atoms with E-state index in [9.17, 15) is 0 Å². The Morgan fingerprint density at radius 1 is 1.36 bits per heavy atom. The fourth-order valence-corrected chi connectivity index (χ4v) is 2.76. The molecule has 0 aliphatic carbocycles. The molecule has 1 N–H and O–H groups in total. The zero-order valence-electron chi connectivity index (χ0n) is 14.8. The zero-order valence-corrected chi connectivity index (χ0v) is 17.1. The van der Waals surface area contributed by atoms with Crippen LogP contribution in [0.1, 0.15) is 32.6 Å². The van der Waals surface area contributed by atoms with Crippen molar-refractivity contribution in [3.8, 4) is 0 Å². The van der Waals surface area contributed by atoms with E-state index >= 15 is 0 Å². The zero-order chi connectivity index (χ0) is 15.5. The second-order valence-corrected chi connectivity index (χ2v) is 5.98. The molecule has 0 radical (unpaired) electrons. The highest BCUT2D eigenvalue weighted by molar-refractivity contribution is 14.0. The summed E-state index contributed by atoms with van der Waals surface area (Å²) < 4.78 is 5.15. The van der Waals surface area contributed by atoms with E-state index in [1.165, 1.54) is 38.8 Å². The first-order chi connectivity index (χ1) is 10.2. The molecule has 1 fully saturated rings. The number of piperidine rings is 1. The van der Waals surface area contributed by atoms with E-state index in [2.05, 4.69) is 34.1 Å². The predicted octanol–water partition coefficient (Wildman–Crippen LogP) is 2.27. The SMILES string of the molecule is CCCCN(C)C(=NC)NCC1CCN(CCOC)CC1.I. The Hall–Kier alpha value is -0.0800. The third kappa shape index (κ3) is 8.53. The smallest absolute Gasteiger partial charge is 0.193 e. The molecule has 0 bridgehead atoms. The minimum Gasteiger partial charge on any atom is -0.383 e. The standard InChI is InChI=1S/C16H34N4O.HI/c1-5-6-9-19(3)16(17-2)18-14-15-7-10-20(11-8-15)12-13-21-4;/h15H,5-14H2,1-4H3,(H,17,18);1H. The Balaban J connectivity index is 0.00000441. The number of hydrogen-bond donors (Lipinski definition) is 1. The summed E-state index contributed by atoms with van der Waals surface area (Å²) in [7, 11) is 5.77. The molecule has 0 atom stereocenters. The van der Waals surface area contributed by atoms with Gasteiger partial charge in [-0.1, -0.05) is 13.3 Å². The van der Waals surface area contributed by atoms with E-state index in [1.54, 1.807) is 7.11 Å². The van der Waals surface area contributed by atoms with Crippen LogP contribution < -0.4 is 5.32 Å². The van der Waals surface area contributed by atoms with Gasteiger partial charge in [0, 0.05) is 40.8 Å². The second kappa shape index (κ2) is 13.4. The number of guanidine groups is 1. The minimum absolute atomic E-state index is 0. The lowest BCUT2D eigenvalue weighted by molar-refractivity contribution is 0.120. The summed E-state index contributed by atoms with van der Waals surface area (Å²) in [5, 5.41) is 3.54. The van der Waals surface area contributed by atoms with E-state index in [-0.39, 0.29) is 24.0 Å². The van der Waals surface area contributed by atoms with Crippen molar-refractivity contribution in [1.82, 2.24) is 15.1 Å². The van der Waals surface area contributed by atoms with Gasteiger partial charge in [0.2, 0.25) is 0 Å². The van der Waals surface area contributed by atoms with Gasteiger partial charge in [0.05, 0.1) is 6.61 Å². The van der Waals surface area contributed by atoms with Gasteiger partial charge in [-0.25, -0.2) is 0 Å². The number of halogens is 1. The van der Waals surface area contributed by atoms with Crippen molar-refractivity contribution in [3.63, 3.8) is 0 Å². The van der Waals surface area contributed by atoms with E-state index < -0.39 is 0 Å². The highest BCUT2D eigenvalue weighted by atomic mass is 127. The molecule has 0 aromatic carbocycles. The van der Waals surface area contributed by atoms with Gasteiger partial charge in [0.1, 0.15) is 0 Å². The lowest BCUT2D eigenvalue weighted by atomic mass is 9.97. The molecule has 0 unspecified atom stereocenters. The van der Waals surface area contributed by atoms with Crippen LogP contribution in [0.5, 0.6) is 0 Å². The molecule has 1 rings (SSSR count). The molecule has 0 saturated carbocycles. The number of likely N-dealkylation sites (tertiary alicyclic amines) is 1. The molecule has 1 saturated heterocycles. The number of nitrogens with zero attached hydrogens (tertiary/aromatic N) is 3. The van der Waals surface area contributed by atoms with Crippen LogP contribution in [0.4, 0.5) is 0 Å². The molecule has 0 amide bonds. The average Bonchev–Trinajstić information content (AvgIpc) is 2.52. The number of unbranched alkanes of at least 4 members (excludes halogenated alkanes) is 1. The highest BCUT2D eigenvalue weighted by Gasteiger charge is 2.19. The summed E-state index contributed by atoms with van der Waals surface area (Å²) in [4.78, 5) is 9.12. The van der Waals surface area contributed by atoms with Gasteiger partial charge in [-0.3, -0.25) is 4.99 Å². The van der Waals surface area contributed by atoms with Crippen LogP contribution >= 0.6 is 24.0 Å². The van der Waals surface area contributed by atoms with Crippen molar-refractivity contribution in [1.29, 1.82) is 0 Å². The van der Waals surface area contributed by atoms with Crippen molar-refractivity contribution in [2.45, 2.75) is 32.6 Å². The third-order valence-electron chi connectivity index (χ3n) is 4.29. The Kier molecular flexibility index (Phi) is 13.3. The topological polar surface area (TPSA) is 40.1 Å². The summed E-state index contributed by atoms with van der Waals surface area (Å²) in [6.45, 7) is 8.64. The molecule has 5 nitrogen and oxygen atoms in total. The van der Waals surface area contributed by atoms with Crippen molar-refractivity contribution in [2.75, 3.05) is 60.5 Å². The number of hydrogen-bond acceptors (Lipinski definition) is 3. The normalized spacial score (nSPS) is 17.2. The van der Waals surface area contributed by atoms with Gasteiger partial charge in [-0.15, -0.1) is 24.0 Å². The largest absolute Gasteiger partial charge is 0.383 e. The molecule has 6 heteroatoms. The van der Waals surface area contributed by atoms with Crippen LogP contribution in [0, 0.1) is 5.92 Å². The monoisotopic (exact) mass is 426 g/mol. The maximum Gasteiger partial charge on any atom is 0.193 e. The molecule has 0 spiro atoms. The van der Waals surface area contributed by atoms with Crippen LogP contribution in [0.2, 0.25) is 0 Å². The minimum atomic E-state index is 0. The first kappa shape index (κ1) is 21.9. The van der Waals surface area contributed by atoms with E-state index in [0.29, 0.717) is 0 Å². The summed E-state index contributed by atoms with van der Waals surface area (Å²) in [5.74, 6) is 1.80. The Bertz CT molecular complexity index is 294. The number of ether oxygens (including phenoxy) is 1. The lowest BCUT2D eigenvalue weighted by Crippen LogP contribution is -2.44. The molecule has 0 aromatic rings. The molecular formula is C16H35IN4O. The van der Waals surface area contributed by atoms with Crippen LogP contribution in [0.25, 0.3) is 0 Å². The van der Waals surface area contributed by atoms with Gasteiger partial charge in [-0.2, -0.15) is 0 Å². The van der Waals surface area contributed by atoms with E-state index in [4.69, 9.17) is 4.74 Å². The fraction of sp³-hybridized carbons (Fsp3) is 0.938. The number of rotatable bonds is 8. The molecule has 1 heterocycles. The van der Waals surface area contributed by atoms with Gasteiger partial charge >= 0.3 is 0 Å². The number of methoxy groups -OCH3 is 1. The van der Waals surface area contributed by atoms with Crippen molar-refractivity contribution < 1.29 is 4.74 Å². The molecule has 1 aliphatic heterocycles. The van der Waals surface area contributed by atoms with E-state index in [0.717, 1.165) is 38.1 Å². The summed E-state index contributed by atoms with van der Waals surface area (Å²) in [5.41, 5.74) is 0. The van der Waals surface area contributed by atoms with Crippen LogP contribution in [0.3, 0.4) is 0 Å². The molecule has 132 valence electrons. The first-order valence-corrected chi connectivity index (χ1v) is 8.34. The quantitative estimate of drug-likeness (QED) is 0.367. The third-order valence-corrected chi connectivity index (χ3v) is 4.29. The summed E-state index contributed by atoms with van der Waals surface area (Å²) in [6, 6.07) is 0. The van der Waals surface area contributed by atoms with Crippen molar-refractivity contribution in [3.05, 3.63) is 0 Å². The van der Waals surface area contributed by atoms with Gasteiger partial charge < -0.3 is 19.9 Å². The average molecular weight is 426 g/mol. The van der Waals surface area contributed by atoms with Crippen LogP contribution in [0.15, 0.2) is 4.99 Å². The van der Waals surface area contributed by atoms with Crippen molar-refractivity contribution in [2.24, 2.45) is 10.9 Å². The molecule has 22 heavy (non-hydrogen) atoms. The first-order valence-electron chi connectivity index (χ1n) is 8.34. The molecular weight excluding hydrogens is 391 g/mol. The maximum absolute atomic E-state index is 5.15. The van der Waals surface area contributed by atoms with Crippen LogP contribution in [-0.4, -0.2) is 76.3 Å². The molecule has 0 aromatic heterocycles. The predicted molar refractivity (Wildman–Crippen MR) is 105 cm³/mol. The second-order valence-electron chi connectivity index (χ2n) is 5.98. The van der Waals surface area contributed by atoms with Gasteiger partial charge in [0.25, 0.3) is 0 Å². The molecule has 1 aliphatic rings. The van der Waals surface area contributed by atoms with Crippen molar-refractivity contribution >= 4 is 29.9 Å². The van der Waals surface area contributed by atoms with Gasteiger partial charge in [0.15, 0.2) is 5.96 Å². The fourth-order valence-electron chi connectivity index (χ4n) is 2.76. The summed E-state index contributed by atoms with van der Waals surface area (Å²) >= 11 is 0. The van der Waals surface area contributed by atoms with Crippen LogP contribution in [-0.2, 0) is 4.74 Å². The lowest BCUT2D eigenvalue weighted by Gasteiger charge is -2.32. The van der Waals surface area contributed by atoms with E-state index in [1.807, 2.05) is 7.05 Å². The number of nitrogens with one attached hydrogen (secondary N) is 1. The Labute approximate surface area is 153 Å². The Morgan fingerprint density at radius 2 is 2.05 bits per heavy atom.